The van der Waals surface area contributed by atoms with Gasteiger partial charge in [0.25, 0.3) is 0 Å². The Kier molecular flexibility index (Phi) is 18.1. The standard InChI is InChI=1S/C29H55N6O5P/c1-3-4-5-6-7-8-9-10-11-12-13-14-15-16-17-18-19-38-20-21-40-41(36,37)24-39-25(2)22-35-23-32-26-27(30)33-29(31)34-28(26)35/h23,25H,3-22,24H2,1-2H3,(H,36,37)(H4,30,31,33,34)/t25-/m1/s1. The summed E-state index contributed by atoms with van der Waals surface area (Å²) < 4.78 is 30.3. The van der Waals surface area contributed by atoms with Crippen LogP contribution in [0.1, 0.15) is 117 Å². The van der Waals surface area contributed by atoms with Crippen LogP contribution in [0.5, 0.6) is 0 Å². The number of nitrogens with two attached hydrogens (primary N) is 2. The number of nitrogen functional groups attached to an aromatic ring is 2. The fourth-order valence-corrected chi connectivity index (χ4v) is 5.68. The molecule has 2 atom stereocenters. The predicted octanol–water partition coefficient (Wildman–Crippen LogP) is 6.83. The number of ether oxygens (including phenoxy) is 2. The zero-order valence-corrected chi connectivity index (χ0v) is 26.4. The molecule has 0 amide bonds. The van der Waals surface area contributed by atoms with Gasteiger partial charge in [0, 0.05) is 6.61 Å². The number of fused-ring (bicyclic) bond motifs is 1. The number of unbranched alkanes of at least 4 members (excludes halogenated alkanes) is 15. The van der Waals surface area contributed by atoms with Gasteiger partial charge in [0.2, 0.25) is 5.95 Å². The molecule has 2 heterocycles. The summed E-state index contributed by atoms with van der Waals surface area (Å²) >= 11 is 0. The maximum atomic E-state index is 12.3. The van der Waals surface area contributed by atoms with Crippen molar-refractivity contribution in [3.63, 3.8) is 0 Å². The Hall–Kier alpha value is -1.78. The summed E-state index contributed by atoms with van der Waals surface area (Å²) in [7, 11) is -3.89. The average molecular weight is 599 g/mol. The van der Waals surface area contributed by atoms with Crippen LogP contribution in [0.2, 0.25) is 0 Å². The van der Waals surface area contributed by atoms with Gasteiger partial charge in [-0.3, -0.25) is 4.57 Å². The first kappa shape index (κ1) is 35.4. The summed E-state index contributed by atoms with van der Waals surface area (Å²) in [5, 5.41) is 0. The molecule has 2 aromatic heterocycles. The smallest absolute Gasteiger partial charge is 0.353 e. The Balaban J connectivity index is 1.39. The molecule has 0 aliphatic rings. The van der Waals surface area contributed by atoms with Gasteiger partial charge in [-0.1, -0.05) is 103 Å². The Bertz CT molecular complexity index is 1010. The second kappa shape index (κ2) is 21.0. The van der Waals surface area contributed by atoms with E-state index >= 15 is 0 Å². The van der Waals surface area contributed by atoms with E-state index in [9.17, 15) is 9.46 Å². The van der Waals surface area contributed by atoms with E-state index in [-0.39, 0.29) is 25.0 Å². The van der Waals surface area contributed by atoms with Gasteiger partial charge in [-0.05, 0) is 13.3 Å². The highest BCUT2D eigenvalue weighted by atomic mass is 31.2. The van der Waals surface area contributed by atoms with Gasteiger partial charge in [0.1, 0.15) is 11.9 Å². The van der Waals surface area contributed by atoms with E-state index in [2.05, 4.69) is 21.9 Å². The molecule has 2 aromatic rings. The van der Waals surface area contributed by atoms with Gasteiger partial charge in [0.15, 0.2) is 11.5 Å². The molecule has 0 saturated carbocycles. The zero-order valence-electron chi connectivity index (χ0n) is 25.5. The third-order valence-corrected chi connectivity index (χ3v) is 8.21. The van der Waals surface area contributed by atoms with Crippen molar-refractivity contribution in [3.05, 3.63) is 6.33 Å². The largest absolute Gasteiger partial charge is 0.382 e. The van der Waals surface area contributed by atoms with E-state index in [0.29, 0.717) is 24.3 Å². The van der Waals surface area contributed by atoms with Crippen molar-refractivity contribution in [2.45, 2.75) is 129 Å². The monoisotopic (exact) mass is 598 g/mol. The Morgan fingerprint density at radius 2 is 1.41 bits per heavy atom. The molecular weight excluding hydrogens is 543 g/mol. The van der Waals surface area contributed by atoms with Crippen LogP contribution < -0.4 is 11.5 Å². The first-order valence-corrected chi connectivity index (χ1v) is 17.5. The molecule has 0 spiro atoms. The van der Waals surface area contributed by atoms with Crippen LogP contribution in [0.3, 0.4) is 0 Å². The number of rotatable bonds is 26. The van der Waals surface area contributed by atoms with Gasteiger partial charge in [-0.25, -0.2) is 4.98 Å². The third-order valence-electron chi connectivity index (χ3n) is 7.15. The second-order valence-electron chi connectivity index (χ2n) is 11.0. The van der Waals surface area contributed by atoms with Crippen LogP contribution in [-0.2, 0) is 25.1 Å². The number of hydrogen-bond acceptors (Lipinski definition) is 9. The highest BCUT2D eigenvalue weighted by Crippen LogP contribution is 2.41. The molecule has 2 rings (SSSR count). The molecule has 0 aliphatic carbocycles. The lowest BCUT2D eigenvalue weighted by Gasteiger charge is -2.17. The summed E-state index contributed by atoms with van der Waals surface area (Å²) in [6.45, 7) is 5.36. The Labute approximate surface area is 246 Å². The van der Waals surface area contributed by atoms with Crippen molar-refractivity contribution in [2.24, 2.45) is 0 Å². The van der Waals surface area contributed by atoms with E-state index in [1.807, 2.05) is 0 Å². The van der Waals surface area contributed by atoms with Crippen LogP contribution in [0, 0.1) is 0 Å². The van der Waals surface area contributed by atoms with Crippen LogP contribution in [0.25, 0.3) is 11.2 Å². The lowest BCUT2D eigenvalue weighted by atomic mass is 10.0. The van der Waals surface area contributed by atoms with Crippen LogP contribution >= 0.6 is 7.60 Å². The molecule has 0 aromatic carbocycles. The van der Waals surface area contributed by atoms with Crippen molar-refractivity contribution >= 4 is 30.5 Å². The molecule has 12 heteroatoms. The summed E-state index contributed by atoms with van der Waals surface area (Å²) in [5.74, 6) is 0.251. The maximum Gasteiger partial charge on any atom is 0.353 e. The van der Waals surface area contributed by atoms with Crippen molar-refractivity contribution in [1.29, 1.82) is 0 Å². The Morgan fingerprint density at radius 3 is 2.00 bits per heavy atom. The van der Waals surface area contributed by atoms with Gasteiger partial charge in [0.05, 0.1) is 32.2 Å². The number of imidazole rings is 1. The quantitative estimate of drug-likeness (QED) is 0.0773. The highest BCUT2D eigenvalue weighted by molar-refractivity contribution is 7.52. The predicted molar refractivity (Wildman–Crippen MR) is 166 cm³/mol. The summed E-state index contributed by atoms with van der Waals surface area (Å²) in [6, 6.07) is 0. The molecule has 0 saturated heterocycles. The van der Waals surface area contributed by atoms with Crippen molar-refractivity contribution in [1.82, 2.24) is 19.5 Å². The van der Waals surface area contributed by atoms with Crippen LogP contribution in [-0.4, -0.2) is 56.7 Å². The number of hydrogen-bond donors (Lipinski definition) is 3. The Morgan fingerprint density at radius 1 is 0.854 bits per heavy atom. The molecule has 0 aliphatic heterocycles. The van der Waals surface area contributed by atoms with Crippen molar-refractivity contribution in [3.8, 4) is 0 Å². The fraction of sp³-hybridized carbons (Fsp3) is 0.828. The molecule has 236 valence electrons. The first-order chi connectivity index (χ1) is 19.8. The number of anilines is 2. The average Bonchev–Trinajstić information content (AvgIpc) is 3.33. The summed E-state index contributed by atoms with van der Waals surface area (Å²) in [4.78, 5) is 22.3. The molecule has 41 heavy (non-hydrogen) atoms. The minimum Gasteiger partial charge on any atom is -0.382 e. The fourth-order valence-electron chi connectivity index (χ4n) is 4.80. The van der Waals surface area contributed by atoms with E-state index in [1.54, 1.807) is 17.8 Å². The van der Waals surface area contributed by atoms with Gasteiger partial charge in [-0.2, -0.15) is 9.97 Å². The first-order valence-electron chi connectivity index (χ1n) is 15.7. The minimum absolute atomic E-state index is 0.0476. The van der Waals surface area contributed by atoms with E-state index < -0.39 is 20.0 Å². The number of aromatic nitrogens is 4. The second-order valence-corrected chi connectivity index (χ2v) is 12.8. The van der Waals surface area contributed by atoms with E-state index in [1.165, 1.54) is 89.9 Å². The third kappa shape index (κ3) is 15.9. The van der Waals surface area contributed by atoms with Crippen LogP contribution in [0.15, 0.2) is 6.33 Å². The normalized spacial score (nSPS) is 14.0. The maximum absolute atomic E-state index is 12.3. The topological polar surface area (TPSA) is 161 Å². The molecule has 1 unspecified atom stereocenters. The van der Waals surface area contributed by atoms with Crippen molar-refractivity contribution < 1.29 is 23.5 Å². The highest BCUT2D eigenvalue weighted by Gasteiger charge is 2.22. The van der Waals surface area contributed by atoms with Gasteiger partial charge >= 0.3 is 7.60 Å². The lowest BCUT2D eigenvalue weighted by molar-refractivity contribution is 0.0610. The summed E-state index contributed by atoms with van der Waals surface area (Å²) in [6.07, 6.45) is 22.1. The lowest BCUT2D eigenvalue weighted by Crippen LogP contribution is -2.18. The zero-order chi connectivity index (χ0) is 29.8. The minimum atomic E-state index is -3.89. The van der Waals surface area contributed by atoms with Crippen molar-refractivity contribution in [2.75, 3.05) is 37.6 Å². The van der Waals surface area contributed by atoms with E-state index in [4.69, 9.17) is 25.5 Å². The summed E-state index contributed by atoms with van der Waals surface area (Å²) in [5.41, 5.74) is 12.4. The molecule has 0 fully saturated rings. The number of nitrogens with zero attached hydrogens (tertiary/aromatic N) is 4. The van der Waals surface area contributed by atoms with Gasteiger partial charge in [-0.15, -0.1) is 0 Å². The molecular formula is C29H55N6O5P. The van der Waals surface area contributed by atoms with E-state index in [0.717, 1.165) is 12.8 Å². The molecule has 11 nitrogen and oxygen atoms in total. The SMILES string of the molecule is CCCCCCCCCCCCCCCCCCOCCOP(=O)(O)CO[C@H](C)Cn1cnc2c(N)nc(N)nc21. The molecule has 0 radical (unpaired) electrons. The van der Waals surface area contributed by atoms with Gasteiger partial charge < -0.3 is 34.9 Å². The van der Waals surface area contributed by atoms with Crippen LogP contribution in [0.4, 0.5) is 11.8 Å². The molecule has 5 N–H and O–H groups in total. The molecule has 0 bridgehead atoms.